The maximum absolute atomic E-state index is 6.16. The molecular weight excluding hydrogens is 342 g/mol. The van der Waals surface area contributed by atoms with Crippen molar-refractivity contribution in [3.05, 3.63) is 70.7 Å². The summed E-state index contributed by atoms with van der Waals surface area (Å²) in [6.07, 6.45) is 4.47. The first-order valence-electron chi connectivity index (χ1n) is 9.81. The summed E-state index contributed by atoms with van der Waals surface area (Å²) < 4.78 is 6.16. The molecule has 1 aliphatic rings. The lowest BCUT2D eigenvalue weighted by Gasteiger charge is -2.46. The minimum atomic E-state index is -0.00965. The van der Waals surface area contributed by atoms with Crippen molar-refractivity contribution in [2.45, 2.75) is 57.1 Å². The first kappa shape index (κ1) is 19.4. The maximum Gasteiger partial charge on any atom is 0.101 e. The highest BCUT2D eigenvalue weighted by atomic mass is 35.5. The van der Waals surface area contributed by atoms with Gasteiger partial charge >= 0.3 is 0 Å². The summed E-state index contributed by atoms with van der Waals surface area (Å²) in [4.78, 5) is 0. The van der Waals surface area contributed by atoms with Crippen LogP contribution in [-0.4, -0.2) is 18.8 Å². The van der Waals surface area contributed by atoms with Crippen molar-refractivity contribution in [3.8, 4) is 0 Å². The van der Waals surface area contributed by atoms with Crippen LogP contribution in [0.3, 0.4) is 0 Å². The lowest BCUT2D eigenvalue weighted by Crippen LogP contribution is -2.83. The Bertz CT molecular complexity index is 687. The van der Waals surface area contributed by atoms with E-state index >= 15 is 0 Å². The zero-order valence-electron chi connectivity index (χ0n) is 16.0. The predicted molar refractivity (Wildman–Crippen MR) is 109 cm³/mol. The summed E-state index contributed by atoms with van der Waals surface area (Å²) in [5.41, 5.74) is 3.02. The van der Waals surface area contributed by atoms with Crippen LogP contribution in [0.2, 0.25) is 5.02 Å². The van der Waals surface area contributed by atoms with E-state index in [1.807, 2.05) is 12.1 Å². The Morgan fingerprint density at radius 3 is 2.50 bits per heavy atom. The molecular formula is C23H31ClNO+. The molecule has 1 heterocycles. The smallest absolute Gasteiger partial charge is 0.101 e. The SMILES string of the molecule is CC[C@@]1(C)C[C@](CC[NH2+]Cc2ccc(Cl)cc2)(c2ccccc2)CCO1. The summed E-state index contributed by atoms with van der Waals surface area (Å²) in [7, 11) is 0. The number of quaternary nitrogens is 1. The van der Waals surface area contributed by atoms with Crippen LogP contribution in [0.4, 0.5) is 0 Å². The van der Waals surface area contributed by atoms with Gasteiger partial charge in [0.25, 0.3) is 0 Å². The number of benzene rings is 2. The number of hydrogen-bond acceptors (Lipinski definition) is 1. The molecule has 0 aromatic heterocycles. The molecule has 1 fully saturated rings. The molecule has 2 N–H and O–H groups in total. The minimum Gasteiger partial charge on any atom is -0.375 e. The van der Waals surface area contributed by atoms with E-state index in [1.54, 1.807) is 0 Å². The van der Waals surface area contributed by atoms with Gasteiger partial charge in [-0.2, -0.15) is 0 Å². The van der Waals surface area contributed by atoms with Gasteiger partial charge in [-0.05, 0) is 43.9 Å². The van der Waals surface area contributed by atoms with Gasteiger partial charge < -0.3 is 10.1 Å². The zero-order chi connectivity index (χ0) is 18.5. The Morgan fingerprint density at radius 1 is 1.08 bits per heavy atom. The van der Waals surface area contributed by atoms with Crippen LogP contribution in [0.15, 0.2) is 54.6 Å². The first-order chi connectivity index (χ1) is 12.6. The molecule has 3 heteroatoms. The van der Waals surface area contributed by atoms with Gasteiger partial charge in [-0.15, -0.1) is 0 Å². The van der Waals surface area contributed by atoms with Gasteiger partial charge in [0.1, 0.15) is 6.54 Å². The third-order valence-corrected chi connectivity index (χ3v) is 6.25. The Labute approximate surface area is 162 Å². The van der Waals surface area contributed by atoms with Crippen LogP contribution in [0.5, 0.6) is 0 Å². The summed E-state index contributed by atoms with van der Waals surface area (Å²) in [5, 5.41) is 3.23. The molecule has 1 aliphatic heterocycles. The summed E-state index contributed by atoms with van der Waals surface area (Å²) in [5.74, 6) is 0. The Morgan fingerprint density at radius 2 is 1.81 bits per heavy atom. The second kappa shape index (κ2) is 8.56. The highest BCUT2D eigenvalue weighted by molar-refractivity contribution is 6.30. The van der Waals surface area contributed by atoms with Crippen molar-refractivity contribution in [2.24, 2.45) is 0 Å². The fraction of sp³-hybridized carbons (Fsp3) is 0.478. The van der Waals surface area contributed by atoms with Crippen molar-refractivity contribution in [1.29, 1.82) is 0 Å². The molecule has 3 rings (SSSR count). The van der Waals surface area contributed by atoms with E-state index in [1.165, 1.54) is 17.5 Å². The second-order valence-corrected chi connectivity index (χ2v) is 8.32. The third-order valence-electron chi connectivity index (χ3n) is 6.00. The average Bonchev–Trinajstić information content (AvgIpc) is 2.67. The minimum absolute atomic E-state index is 0.00965. The van der Waals surface area contributed by atoms with Crippen molar-refractivity contribution in [3.63, 3.8) is 0 Å². The molecule has 2 aromatic carbocycles. The predicted octanol–water partition coefficient (Wildman–Crippen LogP) is 4.71. The van der Waals surface area contributed by atoms with Gasteiger partial charge in [-0.3, -0.25) is 0 Å². The average molecular weight is 373 g/mol. The van der Waals surface area contributed by atoms with Crippen molar-refractivity contribution < 1.29 is 10.1 Å². The largest absolute Gasteiger partial charge is 0.375 e. The van der Waals surface area contributed by atoms with E-state index in [4.69, 9.17) is 16.3 Å². The van der Waals surface area contributed by atoms with Gasteiger partial charge in [-0.1, -0.05) is 61.0 Å². The quantitative estimate of drug-likeness (QED) is 0.700. The third kappa shape index (κ3) is 4.68. The van der Waals surface area contributed by atoms with Gasteiger partial charge in [0.05, 0.1) is 12.1 Å². The van der Waals surface area contributed by atoms with Gasteiger partial charge in [0.2, 0.25) is 0 Å². The Hall–Kier alpha value is -1.35. The summed E-state index contributed by atoms with van der Waals surface area (Å²) >= 11 is 5.98. The van der Waals surface area contributed by atoms with Crippen LogP contribution in [0, 0.1) is 0 Å². The molecule has 140 valence electrons. The number of hydrogen-bond donors (Lipinski definition) is 1. The summed E-state index contributed by atoms with van der Waals surface area (Å²) in [6, 6.07) is 19.3. The molecule has 0 bridgehead atoms. The number of ether oxygens (including phenoxy) is 1. The van der Waals surface area contributed by atoms with E-state index < -0.39 is 0 Å². The molecule has 0 unspecified atom stereocenters. The van der Waals surface area contributed by atoms with E-state index in [9.17, 15) is 0 Å². The van der Waals surface area contributed by atoms with Gasteiger partial charge in [-0.25, -0.2) is 0 Å². The molecule has 0 aliphatic carbocycles. The number of nitrogens with two attached hydrogens (primary N) is 1. The molecule has 0 spiro atoms. The fourth-order valence-corrected chi connectivity index (χ4v) is 4.36. The van der Waals surface area contributed by atoms with Crippen LogP contribution < -0.4 is 5.32 Å². The van der Waals surface area contributed by atoms with Crippen LogP contribution in [0.1, 0.15) is 50.7 Å². The molecule has 2 atom stereocenters. The molecule has 0 saturated carbocycles. The Kier molecular flexibility index (Phi) is 6.39. The van der Waals surface area contributed by atoms with Crippen molar-refractivity contribution in [1.82, 2.24) is 0 Å². The first-order valence-corrected chi connectivity index (χ1v) is 10.2. The molecule has 0 radical (unpaired) electrons. The normalized spacial score (nSPS) is 26.0. The van der Waals surface area contributed by atoms with E-state index in [-0.39, 0.29) is 11.0 Å². The zero-order valence-corrected chi connectivity index (χ0v) is 16.8. The van der Waals surface area contributed by atoms with E-state index in [0.717, 1.165) is 44.0 Å². The number of halogens is 1. The monoisotopic (exact) mass is 372 g/mol. The second-order valence-electron chi connectivity index (χ2n) is 7.88. The fourth-order valence-electron chi connectivity index (χ4n) is 4.24. The topological polar surface area (TPSA) is 25.8 Å². The molecule has 26 heavy (non-hydrogen) atoms. The van der Waals surface area contributed by atoms with E-state index in [0.29, 0.717) is 0 Å². The van der Waals surface area contributed by atoms with Gasteiger partial charge in [0.15, 0.2) is 0 Å². The van der Waals surface area contributed by atoms with E-state index in [2.05, 4.69) is 61.6 Å². The standard InChI is InChI=1S/C23H30ClNO/c1-3-22(2)18-23(14-16-26-22,20-7-5-4-6-8-20)13-15-25-17-19-9-11-21(24)12-10-19/h4-12,25H,3,13-18H2,1-2H3/p+1/t22-,23+/m0/s1. The molecule has 2 nitrogen and oxygen atoms in total. The lowest BCUT2D eigenvalue weighted by molar-refractivity contribution is -0.672. The number of rotatable bonds is 7. The van der Waals surface area contributed by atoms with Crippen LogP contribution in [-0.2, 0) is 16.7 Å². The van der Waals surface area contributed by atoms with Crippen LogP contribution in [0.25, 0.3) is 0 Å². The van der Waals surface area contributed by atoms with Crippen molar-refractivity contribution in [2.75, 3.05) is 13.2 Å². The maximum atomic E-state index is 6.16. The van der Waals surface area contributed by atoms with Crippen LogP contribution >= 0.6 is 11.6 Å². The van der Waals surface area contributed by atoms with Crippen molar-refractivity contribution >= 4 is 11.6 Å². The van der Waals surface area contributed by atoms with Gasteiger partial charge in [0, 0.05) is 29.0 Å². The molecule has 0 amide bonds. The Balaban J connectivity index is 1.67. The highest BCUT2D eigenvalue weighted by Gasteiger charge is 2.43. The lowest BCUT2D eigenvalue weighted by atomic mass is 9.66. The summed E-state index contributed by atoms with van der Waals surface area (Å²) in [6.45, 7) is 7.51. The molecule has 2 aromatic rings. The highest BCUT2D eigenvalue weighted by Crippen LogP contribution is 2.44. The molecule has 1 saturated heterocycles.